The lowest BCUT2D eigenvalue weighted by molar-refractivity contribution is -0.149. The number of hydrogen-bond donors (Lipinski definition) is 1. The number of esters is 1. The molecule has 1 aliphatic heterocycles. The number of carbonyl (C=O) groups is 2. The summed E-state index contributed by atoms with van der Waals surface area (Å²) in [6.07, 6.45) is -0.661. The molecule has 1 N–H and O–H groups in total. The lowest BCUT2D eigenvalue weighted by atomic mass is 10.0. The second kappa shape index (κ2) is 10.3. The standard InChI is InChI=1S/C25H25F3N4O3/c1-2-35-24(34)22-5-3-4-12-32(22)23(33)16-6-9-18(10-7-16)29-14-19-15-30-20-11-8-17(25(26,27)28)13-21(20)31-19/h6-11,13,15,22,29H,2-5,12,14H2,1H3. The zero-order valence-electron chi connectivity index (χ0n) is 19.1. The van der Waals surface area contributed by atoms with Gasteiger partial charge in [0.25, 0.3) is 5.91 Å². The number of piperidine rings is 1. The van der Waals surface area contributed by atoms with Crippen molar-refractivity contribution in [2.24, 2.45) is 0 Å². The minimum absolute atomic E-state index is 0.165. The molecule has 0 bridgehead atoms. The number of ether oxygens (including phenoxy) is 1. The van der Waals surface area contributed by atoms with Crippen LogP contribution in [0.2, 0.25) is 0 Å². The van der Waals surface area contributed by atoms with Crippen LogP contribution < -0.4 is 5.32 Å². The normalized spacial score (nSPS) is 16.2. The number of carbonyl (C=O) groups excluding carboxylic acids is 2. The van der Waals surface area contributed by atoms with Gasteiger partial charge in [-0.1, -0.05) is 0 Å². The van der Waals surface area contributed by atoms with Gasteiger partial charge in [0.2, 0.25) is 0 Å². The number of halogens is 3. The third kappa shape index (κ3) is 5.70. The van der Waals surface area contributed by atoms with Gasteiger partial charge in [0.05, 0.1) is 41.6 Å². The minimum Gasteiger partial charge on any atom is -0.464 e. The van der Waals surface area contributed by atoms with E-state index in [9.17, 15) is 22.8 Å². The summed E-state index contributed by atoms with van der Waals surface area (Å²) in [5, 5.41) is 3.14. The van der Waals surface area contributed by atoms with Crippen LogP contribution in [0.5, 0.6) is 0 Å². The van der Waals surface area contributed by atoms with E-state index in [0.717, 1.165) is 25.0 Å². The Bertz CT molecular complexity index is 1210. The Morgan fingerprint density at radius 1 is 1.11 bits per heavy atom. The Morgan fingerprint density at radius 3 is 2.60 bits per heavy atom. The average molecular weight is 486 g/mol. The summed E-state index contributed by atoms with van der Waals surface area (Å²) in [4.78, 5) is 35.3. The summed E-state index contributed by atoms with van der Waals surface area (Å²) in [6, 6.07) is 9.49. The fourth-order valence-electron chi connectivity index (χ4n) is 4.06. The highest BCUT2D eigenvalue weighted by atomic mass is 19.4. The molecule has 184 valence electrons. The molecule has 0 spiro atoms. The third-order valence-electron chi connectivity index (χ3n) is 5.85. The highest BCUT2D eigenvalue weighted by Gasteiger charge is 2.33. The first-order chi connectivity index (χ1) is 16.8. The van der Waals surface area contributed by atoms with Crippen LogP contribution in [0.1, 0.15) is 47.8 Å². The predicted molar refractivity (Wildman–Crippen MR) is 124 cm³/mol. The van der Waals surface area contributed by atoms with Crippen LogP contribution in [-0.2, 0) is 22.3 Å². The molecule has 3 aromatic rings. The number of aromatic nitrogens is 2. The molecule has 0 radical (unpaired) electrons. The number of rotatable bonds is 6. The summed E-state index contributed by atoms with van der Waals surface area (Å²) >= 11 is 0. The van der Waals surface area contributed by atoms with Crippen LogP contribution in [0, 0.1) is 0 Å². The van der Waals surface area contributed by atoms with Gasteiger partial charge in [-0.05, 0) is 68.7 Å². The molecule has 1 amide bonds. The lowest BCUT2D eigenvalue weighted by Gasteiger charge is -2.34. The Hall–Kier alpha value is -3.69. The summed E-state index contributed by atoms with van der Waals surface area (Å²) < 4.78 is 44.1. The monoisotopic (exact) mass is 486 g/mol. The van der Waals surface area contributed by atoms with Crippen LogP contribution in [-0.4, -0.2) is 45.9 Å². The van der Waals surface area contributed by atoms with Crippen LogP contribution in [0.15, 0.2) is 48.7 Å². The molecular formula is C25H25F3N4O3. The van der Waals surface area contributed by atoms with Crippen molar-refractivity contribution >= 4 is 28.6 Å². The molecule has 0 aliphatic carbocycles. The van der Waals surface area contributed by atoms with Gasteiger partial charge in [-0.2, -0.15) is 13.2 Å². The largest absolute Gasteiger partial charge is 0.464 e. The van der Waals surface area contributed by atoms with Crippen molar-refractivity contribution in [3.05, 3.63) is 65.5 Å². The SMILES string of the molecule is CCOC(=O)C1CCCCN1C(=O)c1ccc(NCc2cnc3ccc(C(F)(F)F)cc3n2)cc1. The van der Waals surface area contributed by atoms with Gasteiger partial charge < -0.3 is 15.0 Å². The summed E-state index contributed by atoms with van der Waals surface area (Å²) in [5.41, 5.74) is 1.40. The average Bonchev–Trinajstić information content (AvgIpc) is 2.86. The summed E-state index contributed by atoms with van der Waals surface area (Å²) in [7, 11) is 0. The number of hydrogen-bond acceptors (Lipinski definition) is 6. The van der Waals surface area contributed by atoms with Crippen molar-refractivity contribution in [2.45, 2.75) is 44.9 Å². The van der Waals surface area contributed by atoms with Gasteiger partial charge in [0, 0.05) is 17.8 Å². The predicted octanol–water partition coefficient (Wildman–Crippen LogP) is 4.82. The second-order valence-corrected chi connectivity index (χ2v) is 8.26. The molecule has 1 saturated heterocycles. The van der Waals surface area contributed by atoms with Crippen molar-refractivity contribution in [2.75, 3.05) is 18.5 Å². The molecular weight excluding hydrogens is 461 g/mol. The molecule has 1 aliphatic rings. The minimum atomic E-state index is -4.45. The van der Waals surface area contributed by atoms with E-state index < -0.39 is 17.8 Å². The van der Waals surface area contributed by atoms with E-state index in [1.807, 2.05) is 0 Å². The second-order valence-electron chi connectivity index (χ2n) is 8.26. The first kappa shape index (κ1) is 24.4. The highest BCUT2D eigenvalue weighted by molar-refractivity contribution is 5.97. The Kier molecular flexibility index (Phi) is 7.18. The van der Waals surface area contributed by atoms with Crippen LogP contribution in [0.3, 0.4) is 0 Å². The Morgan fingerprint density at radius 2 is 1.89 bits per heavy atom. The molecule has 0 saturated carbocycles. The highest BCUT2D eigenvalue weighted by Crippen LogP contribution is 2.30. The number of nitrogens with zero attached hydrogens (tertiary/aromatic N) is 3. The van der Waals surface area contributed by atoms with Crippen LogP contribution in [0.25, 0.3) is 11.0 Å². The zero-order chi connectivity index (χ0) is 25.0. The van der Waals surface area contributed by atoms with Crippen molar-refractivity contribution in [1.29, 1.82) is 0 Å². The van der Waals surface area contributed by atoms with E-state index in [4.69, 9.17) is 4.74 Å². The van der Waals surface area contributed by atoms with Gasteiger partial charge in [-0.25, -0.2) is 9.78 Å². The van der Waals surface area contributed by atoms with E-state index in [-0.39, 0.29) is 30.5 Å². The molecule has 2 heterocycles. The molecule has 1 unspecified atom stereocenters. The zero-order valence-corrected chi connectivity index (χ0v) is 19.1. The van der Waals surface area contributed by atoms with Gasteiger partial charge in [0.15, 0.2) is 0 Å². The van der Waals surface area contributed by atoms with Gasteiger partial charge >= 0.3 is 12.1 Å². The van der Waals surface area contributed by atoms with E-state index in [1.165, 1.54) is 12.3 Å². The van der Waals surface area contributed by atoms with Crippen molar-refractivity contribution in [1.82, 2.24) is 14.9 Å². The maximum Gasteiger partial charge on any atom is 0.416 e. The number of benzene rings is 2. The number of nitrogens with one attached hydrogen (secondary N) is 1. The van der Waals surface area contributed by atoms with E-state index >= 15 is 0 Å². The fourth-order valence-corrected chi connectivity index (χ4v) is 4.06. The van der Waals surface area contributed by atoms with Crippen molar-refractivity contribution < 1.29 is 27.5 Å². The number of amides is 1. The Balaban J connectivity index is 1.42. The Labute approximate surface area is 200 Å². The molecule has 4 rings (SSSR count). The van der Waals surface area contributed by atoms with Crippen LogP contribution in [0.4, 0.5) is 18.9 Å². The van der Waals surface area contributed by atoms with Crippen molar-refractivity contribution in [3.8, 4) is 0 Å². The lowest BCUT2D eigenvalue weighted by Crippen LogP contribution is -2.48. The fraction of sp³-hybridized carbons (Fsp3) is 0.360. The van der Waals surface area contributed by atoms with Gasteiger partial charge in [-0.15, -0.1) is 0 Å². The molecule has 2 aromatic carbocycles. The molecule has 1 fully saturated rings. The number of alkyl halides is 3. The first-order valence-corrected chi connectivity index (χ1v) is 11.4. The number of likely N-dealkylation sites (tertiary alicyclic amines) is 1. The summed E-state index contributed by atoms with van der Waals surface area (Å²) in [5.74, 6) is -0.604. The molecule has 7 nitrogen and oxygen atoms in total. The topological polar surface area (TPSA) is 84.4 Å². The van der Waals surface area contributed by atoms with E-state index in [0.29, 0.717) is 35.4 Å². The van der Waals surface area contributed by atoms with Crippen LogP contribution >= 0.6 is 0 Å². The molecule has 1 aromatic heterocycles. The van der Waals surface area contributed by atoms with Gasteiger partial charge in [-0.3, -0.25) is 9.78 Å². The van der Waals surface area contributed by atoms with E-state index in [2.05, 4.69) is 15.3 Å². The summed E-state index contributed by atoms with van der Waals surface area (Å²) in [6.45, 7) is 2.74. The molecule has 1 atom stereocenters. The van der Waals surface area contributed by atoms with E-state index in [1.54, 1.807) is 36.1 Å². The molecule has 35 heavy (non-hydrogen) atoms. The number of anilines is 1. The quantitative estimate of drug-likeness (QED) is 0.503. The first-order valence-electron chi connectivity index (χ1n) is 11.4. The van der Waals surface area contributed by atoms with Crippen molar-refractivity contribution in [3.63, 3.8) is 0 Å². The smallest absolute Gasteiger partial charge is 0.416 e. The molecule has 10 heteroatoms. The third-order valence-corrected chi connectivity index (χ3v) is 5.85. The van der Waals surface area contributed by atoms with Gasteiger partial charge in [0.1, 0.15) is 6.04 Å². The maximum absolute atomic E-state index is 13.0. The number of fused-ring (bicyclic) bond motifs is 1. The maximum atomic E-state index is 13.0.